The average molecular weight is 573 g/mol. The third-order valence-corrected chi connectivity index (χ3v) is 7.54. The fraction of sp³-hybridized carbons (Fsp3) is 0.484. The van der Waals surface area contributed by atoms with E-state index in [-0.39, 0.29) is 0 Å². The molecule has 2 fully saturated rings. The Morgan fingerprint density at radius 3 is 2.20 bits per heavy atom. The monoisotopic (exact) mass is 572 g/mol. The van der Waals surface area contributed by atoms with E-state index in [2.05, 4.69) is 68.2 Å². The highest BCUT2D eigenvalue weighted by Gasteiger charge is 2.38. The summed E-state index contributed by atoms with van der Waals surface area (Å²) in [6.07, 6.45) is 3.14. The minimum absolute atomic E-state index is 0.812. The van der Waals surface area contributed by atoms with Crippen LogP contribution in [-0.2, 0) is 11.2 Å². The maximum atomic E-state index is 10.6. The normalized spacial score (nSPS) is 16.7. The number of alkyl halides is 3. The van der Waals surface area contributed by atoms with Crippen LogP contribution in [0.2, 0.25) is 0 Å². The number of piperazine rings is 1. The molecule has 7 nitrogen and oxygen atoms in total. The van der Waals surface area contributed by atoms with Crippen molar-refractivity contribution in [3.8, 4) is 5.75 Å². The number of fused-ring (bicyclic) bond motifs is 1. The van der Waals surface area contributed by atoms with Crippen molar-refractivity contribution >= 4 is 22.6 Å². The van der Waals surface area contributed by atoms with Crippen molar-refractivity contribution in [2.24, 2.45) is 0 Å². The van der Waals surface area contributed by atoms with Gasteiger partial charge in [-0.1, -0.05) is 36.8 Å². The summed E-state index contributed by atoms with van der Waals surface area (Å²) in [5.41, 5.74) is 3.78. The minimum Gasteiger partial charge on any atom is -0.494 e. The van der Waals surface area contributed by atoms with Gasteiger partial charge in [0.2, 0.25) is 0 Å². The average Bonchev–Trinajstić information content (AvgIpc) is 2.99. The molecule has 2 aliphatic heterocycles. The molecule has 5 rings (SSSR count). The van der Waals surface area contributed by atoms with Gasteiger partial charge in [-0.05, 0) is 68.6 Å². The van der Waals surface area contributed by atoms with Gasteiger partial charge in [-0.2, -0.15) is 13.2 Å². The molecule has 2 aromatic carbocycles. The van der Waals surface area contributed by atoms with Crippen LogP contribution in [0, 0.1) is 0 Å². The summed E-state index contributed by atoms with van der Waals surface area (Å²) in [6.45, 7) is 9.93. The number of likely N-dealkylation sites (tertiary alicyclic amines) is 1. The van der Waals surface area contributed by atoms with Crippen LogP contribution in [0.5, 0.6) is 5.75 Å². The van der Waals surface area contributed by atoms with Crippen LogP contribution in [0.15, 0.2) is 60.8 Å². The summed E-state index contributed by atoms with van der Waals surface area (Å²) < 4.78 is 37.7. The molecule has 0 bridgehead atoms. The van der Waals surface area contributed by atoms with Gasteiger partial charge in [-0.25, -0.2) is 4.79 Å². The number of benzene rings is 2. The van der Waals surface area contributed by atoms with Gasteiger partial charge in [-0.3, -0.25) is 9.88 Å². The number of hydrogen-bond donors (Lipinski definition) is 1. The molecule has 1 aromatic heterocycles. The largest absolute Gasteiger partial charge is 0.494 e. The Labute approximate surface area is 239 Å². The van der Waals surface area contributed by atoms with Crippen LogP contribution < -0.4 is 9.64 Å². The van der Waals surface area contributed by atoms with Crippen LogP contribution in [0.3, 0.4) is 0 Å². The van der Waals surface area contributed by atoms with Crippen molar-refractivity contribution in [3.05, 3.63) is 66.4 Å². The summed E-state index contributed by atoms with van der Waals surface area (Å²) in [5.74, 6) is -1.76. The van der Waals surface area contributed by atoms with Crippen molar-refractivity contribution in [1.29, 1.82) is 0 Å². The first-order valence-corrected chi connectivity index (χ1v) is 14.3. The highest BCUT2D eigenvalue weighted by Crippen LogP contribution is 2.26. The summed E-state index contributed by atoms with van der Waals surface area (Å²) in [4.78, 5) is 21.2. The molecule has 0 unspecified atom stereocenters. The number of hydrogen-bond acceptors (Lipinski definition) is 6. The lowest BCUT2D eigenvalue weighted by molar-refractivity contribution is -0.192. The van der Waals surface area contributed by atoms with Crippen molar-refractivity contribution < 1.29 is 27.8 Å². The van der Waals surface area contributed by atoms with Gasteiger partial charge in [0.15, 0.2) is 0 Å². The number of ether oxygens (including phenoxy) is 1. The van der Waals surface area contributed by atoms with E-state index in [1.54, 1.807) is 0 Å². The molecular formula is C31H39F3N4O3. The Balaban J connectivity index is 0.000000493. The number of anilines is 1. The zero-order chi connectivity index (χ0) is 29.1. The lowest BCUT2D eigenvalue weighted by Crippen LogP contribution is -2.47. The van der Waals surface area contributed by atoms with E-state index in [4.69, 9.17) is 14.6 Å². The second kappa shape index (κ2) is 15.0. The fourth-order valence-corrected chi connectivity index (χ4v) is 5.26. The molecule has 3 heterocycles. The summed E-state index contributed by atoms with van der Waals surface area (Å²) in [5, 5.41) is 8.34. The van der Waals surface area contributed by atoms with E-state index in [1.165, 1.54) is 55.5 Å². The number of aliphatic carboxylic acids is 1. The predicted octanol–water partition coefficient (Wildman–Crippen LogP) is 5.49. The molecule has 0 aliphatic carbocycles. The molecule has 0 radical (unpaired) electrons. The Morgan fingerprint density at radius 2 is 1.51 bits per heavy atom. The number of carboxylic acid groups (broad SMARTS) is 1. The number of rotatable bonds is 9. The number of aromatic nitrogens is 1. The van der Waals surface area contributed by atoms with Crippen molar-refractivity contribution in [2.75, 3.05) is 63.9 Å². The van der Waals surface area contributed by atoms with Gasteiger partial charge >= 0.3 is 12.1 Å². The molecule has 2 aliphatic rings. The molecule has 10 heteroatoms. The topological polar surface area (TPSA) is 69.1 Å². The molecule has 0 atom stereocenters. The minimum atomic E-state index is -5.08. The quantitative estimate of drug-likeness (QED) is 0.340. The van der Waals surface area contributed by atoms with E-state index in [0.29, 0.717) is 0 Å². The third kappa shape index (κ3) is 9.60. The maximum absolute atomic E-state index is 10.6. The van der Waals surface area contributed by atoms with Crippen molar-refractivity contribution in [3.63, 3.8) is 0 Å². The van der Waals surface area contributed by atoms with E-state index < -0.39 is 12.1 Å². The van der Waals surface area contributed by atoms with Crippen molar-refractivity contribution in [2.45, 2.75) is 38.3 Å². The Morgan fingerprint density at radius 1 is 0.854 bits per heavy atom. The van der Waals surface area contributed by atoms with Crippen LogP contribution >= 0.6 is 0 Å². The van der Waals surface area contributed by atoms with Crippen LogP contribution in [-0.4, -0.2) is 91.0 Å². The zero-order valence-corrected chi connectivity index (χ0v) is 23.4. The molecule has 0 spiro atoms. The Bertz CT molecular complexity index is 1220. The smallest absolute Gasteiger partial charge is 0.490 e. The van der Waals surface area contributed by atoms with Crippen LogP contribution in [0.1, 0.15) is 31.2 Å². The molecule has 2 saturated heterocycles. The maximum Gasteiger partial charge on any atom is 0.490 e. The van der Waals surface area contributed by atoms with Gasteiger partial charge in [0.05, 0.1) is 17.8 Å². The third-order valence-electron chi connectivity index (χ3n) is 7.54. The lowest BCUT2D eigenvalue weighted by atomic mass is 10.1. The Hall–Kier alpha value is -3.37. The first-order valence-electron chi connectivity index (χ1n) is 14.3. The van der Waals surface area contributed by atoms with Gasteiger partial charge in [0, 0.05) is 50.9 Å². The summed E-state index contributed by atoms with van der Waals surface area (Å²) >= 11 is 0. The molecule has 3 aromatic rings. The van der Waals surface area contributed by atoms with E-state index in [1.807, 2.05) is 12.3 Å². The van der Waals surface area contributed by atoms with Gasteiger partial charge in [0.25, 0.3) is 0 Å². The standard InChI is InChI=1S/C29H38N4O.C2HF3O2/c1-2-16-31(17-3-1)18-6-24-34-27-12-10-25(11-13-27)14-19-32-20-22-33(23-21-32)28-9-4-7-26-8-5-15-30-29(26)28;3-2(4,5)1(6)7/h4-5,7-13,15H,1-3,6,14,16-24H2;(H,6,7). The van der Waals surface area contributed by atoms with E-state index in [0.717, 1.165) is 63.4 Å². The number of halogens is 3. The number of nitrogens with zero attached hydrogens (tertiary/aromatic N) is 4. The van der Waals surface area contributed by atoms with Gasteiger partial charge in [0.1, 0.15) is 5.75 Å². The van der Waals surface area contributed by atoms with E-state index >= 15 is 0 Å². The molecular weight excluding hydrogens is 533 g/mol. The number of pyridine rings is 1. The lowest BCUT2D eigenvalue weighted by Gasteiger charge is -2.36. The Kier molecular flexibility index (Phi) is 11.2. The second-order valence-corrected chi connectivity index (χ2v) is 10.5. The number of carbonyl (C=O) groups is 1. The van der Waals surface area contributed by atoms with Gasteiger partial charge < -0.3 is 19.6 Å². The SMILES string of the molecule is O=C(O)C(F)(F)F.c1cnc2c(N3CCN(CCc4ccc(OCCCN5CCCCC5)cc4)CC3)cccc2c1. The summed E-state index contributed by atoms with van der Waals surface area (Å²) in [6, 6.07) is 19.4. The van der Waals surface area contributed by atoms with Crippen LogP contribution in [0.25, 0.3) is 10.9 Å². The zero-order valence-electron chi connectivity index (χ0n) is 23.4. The first kappa shape index (κ1) is 30.6. The molecule has 41 heavy (non-hydrogen) atoms. The molecule has 0 amide bonds. The number of piperidine rings is 1. The molecule has 222 valence electrons. The fourth-order valence-electron chi connectivity index (χ4n) is 5.26. The highest BCUT2D eigenvalue weighted by molar-refractivity contribution is 5.90. The van der Waals surface area contributed by atoms with Crippen molar-refractivity contribution in [1.82, 2.24) is 14.8 Å². The second-order valence-electron chi connectivity index (χ2n) is 10.5. The highest BCUT2D eigenvalue weighted by atomic mass is 19.4. The number of carboxylic acids is 1. The van der Waals surface area contributed by atoms with Crippen LogP contribution in [0.4, 0.5) is 18.9 Å². The molecule has 1 N–H and O–H groups in total. The summed E-state index contributed by atoms with van der Waals surface area (Å²) in [7, 11) is 0. The predicted molar refractivity (Wildman–Crippen MR) is 155 cm³/mol. The van der Waals surface area contributed by atoms with E-state index in [9.17, 15) is 13.2 Å². The van der Waals surface area contributed by atoms with Gasteiger partial charge in [-0.15, -0.1) is 0 Å². The molecule has 0 saturated carbocycles. The first-order chi connectivity index (χ1) is 19.8. The number of para-hydroxylation sites is 1.